The van der Waals surface area contributed by atoms with Gasteiger partial charge in [-0.1, -0.05) is 13.8 Å². The predicted octanol–water partition coefficient (Wildman–Crippen LogP) is 1.86. The number of rotatable bonds is 4. The maximum Gasteiger partial charge on any atom is 0.309 e. The second kappa shape index (κ2) is 4.76. The second-order valence-electron chi connectivity index (χ2n) is 4.91. The van der Waals surface area contributed by atoms with Crippen LogP contribution in [-0.2, 0) is 17.6 Å². The number of hydrogen-bond donors (Lipinski definition) is 1. The summed E-state index contributed by atoms with van der Waals surface area (Å²) >= 11 is 0. The minimum Gasteiger partial charge on any atom is -0.481 e. The van der Waals surface area contributed by atoms with Gasteiger partial charge in [0.05, 0.1) is 23.5 Å². The number of nitrogens with zero attached hydrogens (tertiary/aromatic N) is 3. The number of aromatic nitrogens is 3. The van der Waals surface area contributed by atoms with Crippen molar-refractivity contribution in [1.82, 2.24) is 14.6 Å². The van der Waals surface area contributed by atoms with Gasteiger partial charge in [0.1, 0.15) is 0 Å². The highest BCUT2D eigenvalue weighted by atomic mass is 16.4. The summed E-state index contributed by atoms with van der Waals surface area (Å²) in [6, 6.07) is 3.84. The Balaban J connectivity index is 2.48. The number of carbonyl (C=O) groups is 1. The molecular weight excluding hydrogens is 230 g/mol. The molecule has 5 nitrogen and oxygen atoms in total. The van der Waals surface area contributed by atoms with Crippen LogP contribution in [0.5, 0.6) is 0 Å². The number of carboxylic acids is 1. The summed E-state index contributed by atoms with van der Waals surface area (Å²) in [5.74, 6) is -0.349. The predicted molar refractivity (Wildman–Crippen MR) is 67.6 cm³/mol. The van der Waals surface area contributed by atoms with Crippen LogP contribution in [0.1, 0.15) is 30.9 Å². The van der Waals surface area contributed by atoms with Gasteiger partial charge in [-0.3, -0.25) is 4.79 Å². The average molecular weight is 247 g/mol. The Bertz CT molecular complexity index is 587. The maximum atomic E-state index is 10.9. The van der Waals surface area contributed by atoms with Crippen molar-refractivity contribution in [3.63, 3.8) is 0 Å². The highest BCUT2D eigenvalue weighted by Crippen LogP contribution is 2.13. The first-order valence-electron chi connectivity index (χ1n) is 6.03. The topological polar surface area (TPSA) is 67.5 Å². The molecule has 2 heterocycles. The minimum absolute atomic E-state index is 0.0505. The normalized spacial score (nSPS) is 11.3. The Morgan fingerprint density at radius 1 is 1.44 bits per heavy atom. The summed E-state index contributed by atoms with van der Waals surface area (Å²) in [7, 11) is 0. The molecule has 0 fully saturated rings. The van der Waals surface area contributed by atoms with Crippen LogP contribution < -0.4 is 0 Å². The molecule has 18 heavy (non-hydrogen) atoms. The molecule has 0 amide bonds. The van der Waals surface area contributed by atoms with Crippen molar-refractivity contribution < 1.29 is 9.90 Å². The zero-order valence-corrected chi connectivity index (χ0v) is 10.8. The van der Waals surface area contributed by atoms with Gasteiger partial charge in [-0.05, 0) is 31.4 Å². The fourth-order valence-corrected chi connectivity index (χ4v) is 2.00. The van der Waals surface area contributed by atoms with Crippen LogP contribution in [-0.4, -0.2) is 25.7 Å². The standard InChI is InChI=1S/C13H17N3O2/c1-8(2)6-10-4-5-12-14-9(3)11(7-13(17)18)16(12)15-10/h4-5,8H,6-7H2,1-3H3,(H,17,18). The van der Waals surface area contributed by atoms with Crippen LogP contribution in [0.2, 0.25) is 0 Å². The molecule has 0 saturated heterocycles. The summed E-state index contributed by atoms with van der Waals surface area (Å²) in [5.41, 5.74) is 3.05. The van der Waals surface area contributed by atoms with Gasteiger partial charge in [0.25, 0.3) is 0 Å². The molecule has 1 N–H and O–H groups in total. The Hall–Kier alpha value is -1.91. The van der Waals surface area contributed by atoms with Gasteiger partial charge in [-0.25, -0.2) is 9.50 Å². The first-order chi connectivity index (χ1) is 8.47. The number of aryl methyl sites for hydroxylation is 1. The van der Waals surface area contributed by atoms with Crippen molar-refractivity contribution in [2.45, 2.75) is 33.6 Å². The quantitative estimate of drug-likeness (QED) is 0.895. The van der Waals surface area contributed by atoms with E-state index in [9.17, 15) is 4.79 Å². The summed E-state index contributed by atoms with van der Waals surface area (Å²) in [5, 5.41) is 13.4. The average Bonchev–Trinajstić information content (AvgIpc) is 2.54. The third-order valence-electron chi connectivity index (χ3n) is 2.76. The van der Waals surface area contributed by atoms with Crippen molar-refractivity contribution in [2.24, 2.45) is 5.92 Å². The molecule has 0 saturated carbocycles. The van der Waals surface area contributed by atoms with Gasteiger partial charge < -0.3 is 5.11 Å². The van der Waals surface area contributed by atoms with Crippen LogP contribution in [0.3, 0.4) is 0 Å². The van der Waals surface area contributed by atoms with E-state index in [1.807, 2.05) is 19.1 Å². The molecule has 0 unspecified atom stereocenters. The van der Waals surface area contributed by atoms with Crippen molar-refractivity contribution >= 4 is 11.6 Å². The number of hydrogen-bond acceptors (Lipinski definition) is 3. The highest BCUT2D eigenvalue weighted by molar-refractivity contribution is 5.70. The molecule has 2 aromatic heterocycles. The molecule has 0 radical (unpaired) electrons. The minimum atomic E-state index is -0.865. The van der Waals surface area contributed by atoms with E-state index in [2.05, 4.69) is 23.9 Å². The number of aliphatic carboxylic acids is 1. The monoisotopic (exact) mass is 247 g/mol. The van der Waals surface area contributed by atoms with Crippen LogP contribution in [0.4, 0.5) is 0 Å². The fourth-order valence-electron chi connectivity index (χ4n) is 2.00. The van der Waals surface area contributed by atoms with E-state index in [0.29, 0.717) is 17.3 Å². The molecule has 2 rings (SSSR count). The lowest BCUT2D eigenvalue weighted by Crippen LogP contribution is -2.08. The Labute approximate surface area is 105 Å². The lowest BCUT2D eigenvalue weighted by Gasteiger charge is -2.05. The van der Waals surface area contributed by atoms with Crippen molar-refractivity contribution in [1.29, 1.82) is 0 Å². The van der Waals surface area contributed by atoms with E-state index in [1.165, 1.54) is 0 Å². The van der Waals surface area contributed by atoms with E-state index in [-0.39, 0.29) is 6.42 Å². The highest BCUT2D eigenvalue weighted by Gasteiger charge is 2.13. The van der Waals surface area contributed by atoms with Crippen LogP contribution in [0.15, 0.2) is 12.1 Å². The largest absolute Gasteiger partial charge is 0.481 e. The van der Waals surface area contributed by atoms with Crippen molar-refractivity contribution in [3.8, 4) is 0 Å². The van der Waals surface area contributed by atoms with E-state index in [1.54, 1.807) is 4.52 Å². The molecule has 96 valence electrons. The number of fused-ring (bicyclic) bond motifs is 1. The lowest BCUT2D eigenvalue weighted by molar-refractivity contribution is -0.136. The Morgan fingerprint density at radius 2 is 2.17 bits per heavy atom. The maximum absolute atomic E-state index is 10.9. The molecule has 2 aromatic rings. The molecule has 0 aromatic carbocycles. The third kappa shape index (κ3) is 2.50. The summed E-state index contributed by atoms with van der Waals surface area (Å²) in [4.78, 5) is 15.2. The van der Waals surface area contributed by atoms with E-state index in [0.717, 1.165) is 17.8 Å². The lowest BCUT2D eigenvalue weighted by atomic mass is 10.1. The molecular formula is C13H17N3O2. The van der Waals surface area contributed by atoms with Gasteiger partial charge in [0.2, 0.25) is 0 Å². The smallest absolute Gasteiger partial charge is 0.309 e. The fraction of sp³-hybridized carbons (Fsp3) is 0.462. The molecule has 0 atom stereocenters. The molecule has 0 bridgehead atoms. The third-order valence-corrected chi connectivity index (χ3v) is 2.76. The molecule has 5 heteroatoms. The van der Waals surface area contributed by atoms with Crippen LogP contribution in [0, 0.1) is 12.8 Å². The van der Waals surface area contributed by atoms with Crippen LogP contribution in [0.25, 0.3) is 5.65 Å². The SMILES string of the molecule is Cc1nc2ccc(CC(C)C)nn2c1CC(=O)O. The van der Waals surface area contributed by atoms with E-state index < -0.39 is 5.97 Å². The summed E-state index contributed by atoms with van der Waals surface area (Å²) in [6.45, 7) is 6.07. The van der Waals surface area contributed by atoms with Gasteiger partial charge in [-0.15, -0.1) is 0 Å². The van der Waals surface area contributed by atoms with E-state index in [4.69, 9.17) is 5.11 Å². The summed E-state index contributed by atoms with van der Waals surface area (Å²) < 4.78 is 1.65. The number of imidazole rings is 1. The van der Waals surface area contributed by atoms with Crippen LogP contribution >= 0.6 is 0 Å². The first-order valence-corrected chi connectivity index (χ1v) is 6.03. The van der Waals surface area contributed by atoms with Gasteiger partial charge in [0, 0.05) is 0 Å². The zero-order valence-electron chi connectivity index (χ0n) is 10.8. The van der Waals surface area contributed by atoms with Gasteiger partial charge in [0.15, 0.2) is 5.65 Å². The van der Waals surface area contributed by atoms with Gasteiger partial charge in [-0.2, -0.15) is 5.10 Å². The zero-order chi connectivity index (χ0) is 13.3. The van der Waals surface area contributed by atoms with Gasteiger partial charge >= 0.3 is 5.97 Å². The summed E-state index contributed by atoms with van der Waals surface area (Å²) in [6.07, 6.45) is 0.824. The first kappa shape index (κ1) is 12.5. The van der Waals surface area contributed by atoms with Crippen molar-refractivity contribution in [2.75, 3.05) is 0 Å². The second-order valence-corrected chi connectivity index (χ2v) is 4.91. The molecule has 0 aliphatic carbocycles. The number of carboxylic acid groups (broad SMARTS) is 1. The van der Waals surface area contributed by atoms with Crippen molar-refractivity contribution in [3.05, 3.63) is 29.2 Å². The molecule has 0 aliphatic heterocycles. The molecule has 0 spiro atoms. The Morgan fingerprint density at radius 3 is 2.78 bits per heavy atom. The Kier molecular flexibility index (Phi) is 3.32. The molecule has 0 aliphatic rings. The van der Waals surface area contributed by atoms with E-state index >= 15 is 0 Å².